The van der Waals surface area contributed by atoms with Crippen LogP contribution in [0.4, 0.5) is 0 Å². The third kappa shape index (κ3) is 3.72. The van der Waals surface area contributed by atoms with Gasteiger partial charge >= 0.3 is 0 Å². The molecular weight excluding hydrogens is 526 g/mol. The summed E-state index contributed by atoms with van der Waals surface area (Å²) in [5, 5.41) is 0. The zero-order chi connectivity index (χ0) is 29.0. The van der Waals surface area contributed by atoms with Crippen LogP contribution in [-0.2, 0) is 5.41 Å². The van der Waals surface area contributed by atoms with Gasteiger partial charge < -0.3 is 9.47 Å². The van der Waals surface area contributed by atoms with Gasteiger partial charge in [0.2, 0.25) is 0 Å². The molecule has 0 amide bonds. The van der Waals surface area contributed by atoms with Gasteiger partial charge in [-0.3, -0.25) is 4.99 Å². The molecule has 1 heterocycles. The van der Waals surface area contributed by atoms with Crippen LogP contribution in [0.3, 0.4) is 0 Å². The summed E-state index contributed by atoms with van der Waals surface area (Å²) in [6, 6.07) is 40.5. The molecule has 43 heavy (non-hydrogen) atoms. The number of hydrogen-bond donors (Lipinski definition) is 0. The molecule has 2 aliphatic carbocycles. The molecule has 0 spiro atoms. The lowest BCUT2D eigenvalue weighted by Gasteiger charge is -2.34. The fourth-order valence-electron chi connectivity index (χ4n) is 6.75. The van der Waals surface area contributed by atoms with Crippen LogP contribution < -0.4 is 9.47 Å². The summed E-state index contributed by atoms with van der Waals surface area (Å²) in [6.45, 7) is 7.93. The standard InChI is InChI=1S/C40H27NO2/c1-3-41-39-26(2)13-12-19-30(39)27-21-22-35-36(23-27)43-37-24-32-31-18-10-11-20-33(31)40(28-14-6-4-7-15-28,29-16-8-5-9-17-29)34(32)25-38(37)42-35/h3-25H,1-2H2/b41-39+. The van der Waals surface area contributed by atoms with Crippen molar-refractivity contribution in [3.05, 3.63) is 186 Å². The highest BCUT2D eigenvalue weighted by Gasteiger charge is 2.47. The molecule has 3 aliphatic rings. The molecule has 0 saturated heterocycles. The molecule has 0 fully saturated rings. The Bertz CT molecular complexity index is 2010. The fourth-order valence-corrected chi connectivity index (χ4v) is 6.75. The van der Waals surface area contributed by atoms with Crippen molar-refractivity contribution in [2.45, 2.75) is 5.41 Å². The van der Waals surface area contributed by atoms with E-state index in [0.29, 0.717) is 23.0 Å². The van der Waals surface area contributed by atoms with E-state index in [2.05, 4.69) is 115 Å². The Balaban J connectivity index is 1.29. The van der Waals surface area contributed by atoms with E-state index in [1.54, 1.807) is 6.20 Å². The first kappa shape index (κ1) is 25.1. The predicted molar refractivity (Wildman–Crippen MR) is 174 cm³/mol. The zero-order valence-corrected chi connectivity index (χ0v) is 23.5. The molecule has 0 aromatic heterocycles. The molecule has 0 bridgehead atoms. The Morgan fingerprint density at radius 3 is 2.02 bits per heavy atom. The van der Waals surface area contributed by atoms with E-state index in [0.717, 1.165) is 28.0 Å². The second-order valence-corrected chi connectivity index (χ2v) is 10.9. The predicted octanol–water partition coefficient (Wildman–Crippen LogP) is 10.0. The van der Waals surface area contributed by atoms with Crippen LogP contribution in [0, 0.1) is 0 Å². The number of fused-ring (bicyclic) bond motifs is 5. The van der Waals surface area contributed by atoms with Gasteiger partial charge in [0.15, 0.2) is 23.0 Å². The first-order valence-electron chi connectivity index (χ1n) is 14.3. The van der Waals surface area contributed by atoms with Crippen molar-refractivity contribution in [3.63, 3.8) is 0 Å². The number of rotatable bonds is 4. The van der Waals surface area contributed by atoms with Crippen LogP contribution in [-0.4, -0.2) is 5.71 Å². The molecule has 8 rings (SSSR count). The average molecular weight is 554 g/mol. The normalized spacial score (nSPS) is 16.2. The molecule has 3 heteroatoms. The van der Waals surface area contributed by atoms with Crippen LogP contribution >= 0.6 is 0 Å². The summed E-state index contributed by atoms with van der Waals surface area (Å²) >= 11 is 0. The molecule has 0 atom stereocenters. The summed E-state index contributed by atoms with van der Waals surface area (Å²) in [4.78, 5) is 4.48. The highest BCUT2D eigenvalue weighted by molar-refractivity contribution is 6.33. The quantitative estimate of drug-likeness (QED) is 0.217. The van der Waals surface area contributed by atoms with E-state index in [4.69, 9.17) is 9.47 Å². The first-order valence-corrected chi connectivity index (χ1v) is 14.3. The average Bonchev–Trinajstić information content (AvgIpc) is 3.34. The number of allylic oxidation sites excluding steroid dienone is 5. The summed E-state index contributed by atoms with van der Waals surface area (Å²) < 4.78 is 13.2. The smallest absolute Gasteiger partial charge is 0.170 e. The largest absolute Gasteiger partial charge is 0.450 e. The van der Waals surface area contributed by atoms with E-state index >= 15 is 0 Å². The summed E-state index contributed by atoms with van der Waals surface area (Å²) in [7, 11) is 0. The van der Waals surface area contributed by atoms with Gasteiger partial charge in [-0.15, -0.1) is 0 Å². The molecule has 204 valence electrons. The third-order valence-corrected chi connectivity index (χ3v) is 8.56. The van der Waals surface area contributed by atoms with Crippen LogP contribution in [0.5, 0.6) is 23.0 Å². The lowest BCUT2D eigenvalue weighted by atomic mass is 9.67. The topological polar surface area (TPSA) is 30.8 Å². The van der Waals surface area contributed by atoms with E-state index in [1.165, 1.54) is 27.8 Å². The highest BCUT2D eigenvalue weighted by Crippen LogP contribution is 2.59. The number of nitrogens with zero attached hydrogens (tertiary/aromatic N) is 1. The second-order valence-electron chi connectivity index (χ2n) is 10.9. The maximum atomic E-state index is 6.60. The molecule has 5 aromatic rings. The number of hydrogen-bond acceptors (Lipinski definition) is 3. The summed E-state index contributed by atoms with van der Waals surface area (Å²) in [6.07, 6.45) is 7.51. The van der Waals surface area contributed by atoms with Crippen molar-refractivity contribution in [3.8, 4) is 34.1 Å². The molecule has 3 nitrogen and oxygen atoms in total. The third-order valence-electron chi connectivity index (χ3n) is 8.56. The van der Waals surface area contributed by atoms with Crippen LogP contribution in [0.25, 0.3) is 16.7 Å². The van der Waals surface area contributed by atoms with E-state index in [1.807, 2.05) is 36.4 Å². The van der Waals surface area contributed by atoms with Crippen molar-refractivity contribution in [1.29, 1.82) is 0 Å². The van der Waals surface area contributed by atoms with Crippen LogP contribution in [0.2, 0.25) is 0 Å². The van der Waals surface area contributed by atoms with Crippen molar-refractivity contribution < 1.29 is 9.47 Å². The van der Waals surface area contributed by atoms with Gasteiger partial charge in [0.05, 0.1) is 11.1 Å². The lowest BCUT2D eigenvalue weighted by molar-refractivity contribution is 0.359. The van der Waals surface area contributed by atoms with E-state index < -0.39 is 5.41 Å². The maximum absolute atomic E-state index is 6.60. The highest BCUT2D eigenvalue weighted by atomic mass is 16.6. The van der Waals surface area contributed by atoms with Crippen LogP contribution in [0.1, 0.15) is 27.8 Å². The minimum atomic E-state index is -0.499. The molecule has 1 aliphatic heterocycles. The minimum Gasteiger partial charge on any atom is -0.450 e. The molecule has 5 aromatic carbocycles. The van der Waals surface area contributed by atoms with Gasteiger partial charge in [0.25, 0.3) is 0 Å². The van der Waals surface area contributed by atoms with Crippen LogP contribution in [0.15, 0.2) is 163 Å². The Kier molecular flexibility index (Phi) is 5.66. The first-order chi connectivity index (χ1) is 21.2. The van der Waals surface area contributed by atoms with Gasteiger partial charge in [0.1, 0.15) is 0 Å². The Labute approximate surface area is 251 Å². The fraction of sp³-hybridized carbons (Fsp3) is 0.0250. The maximum Gasteiger partial charge on any atom is 0.170 e. The molecule has 0 unspecified atom stereocenters. The summed E-state index contributed by atoms with van der Waals surface area (Å²) in [5.74, 6) is 2.72. The Morgan fingerprint density at radius 1 is 0.628 bits per heavy atom. The Morgan fingerprint density at radius 2 is 1.28 bits per heavy atom. The second kappa shape index (κ2) is 9.71. The monoisotopic (exact) mass is 553 g/mol. The number of benzene rings is 5. The number of ether oxygens (including phenoxy) is 2. The molecule has 0 N–H and O–H groups in total. The van der Waals surface area contributed by atoms with Crippen molar-refractivity contribution in [2.75, 3.05) is 0 Å². The minimum absolute atomic E-state index is 0.499. The molecule has 0 radical (unpaired) electrons. The van der Waals surface area contributed by atoms with Gasteiger partial charge in [-0.2, -0.15) is 0 Å². The van der Waals surface area contributed by atoms with Gasteiger partial charge in [-0.05, 0) is 68.8 Å². The summed E-state index contributed by atoms with van der Waals surface area (Å²) in [5.41, 5.74) is 10.2. The lowest BCUT2D eigenvalue weighted by Crippen LogP contribution is -2.28. The van der Waals surface area contributed by atoms with Gasteiger partial charge in [-0.25, -0.2) is 0 Å². The van der Waals surface area contributed by atoms with Crippen molar-refractivity contribution in [1.82, 2.24) is 0 Å². The van der Waals surface area contributed by atoms with Crippen molar-refractivity contribution in [2.24, 2.45) is 4.99 Å². The van der Waals surface area contributed by atoms with Gasteiger partial charge in [-0.1, -0.05) is 122 Å². The van der Waals surface area contributed by atoms with E-state index in [9.17, 15) is 0 Å². The Hall–Kier alpha value is -5.67. The number of aliphatic imine (C=N–C) groups is 1. The van der Waals surface area contributed by atoms with Gasteiger partial charge in [0, 0.05) is 11.8 Å². The SMILES string of the molecule is C=C/N=C1\C(=C)C=CC=C1c1ccc2c(c1)Oc1cc3c(cc1O2)C(c1ccccc1)(c1ccccc1)c1ccccc1-3. The van der Waals surface area contributed by atoms with E-state index in [-0.39, 0.29) is 0 Å². The molecule has 0 saturated carbocycles. The molecular formula is C40H27NO2. The van der Waals surface area contributed by atoms with Crippen molar-refractivity contribution >= 4 is 11.3 Å². The zero-order valence-electron chi connectivity index (χ0n) is 23.5.